The minimum Gasteiger partial charge on any atom is -0.393 e. The summed E-state index contributed by atoms with van der Waals surface area (Å²) in [6.45, 7) is 0.615. The molecule has 0 bridgehead atoms. The molecule has 3 heteroatoms. The van der Waals surface area contributed by atoms with Crippen molar-refractivity contribution in [2.24, 2.45) is 11.1 Å². The van der Waals surface area contributed by atoms with Crippen molar-refractivity contribution >= 4 is 11.8 Å². The molecular weight excluding hydrogens is 230 g/mol. The molecule has 1 fully saturated rings. The Morgan fingerprint density at radius 1 is 1.35 bits per heavy atom. The van der Waals surface area contributed by atoms with Crippen molar-refractivity contribution < 1.29 is 5.11 Å². The summed E-state index contributed by atoms with van der Waals surface area (Å²) in [5.74, 6) is 1.04. The van der Waals surface area contributed by atoms with Crippen LogP contribution in [-0.2, 0) is 0 Å². The number of hydrogen-bond acceptors (Lipinski definition) is 3. The second kappa shape index (κ2) is 5.89. The Morgan fingerprint density at radius 2 is 2.12 bits per heavy atom. The normalized spacial score (nSPS) is 28.5. The van der Waals surface area contributed by atoms with Crippen molar-refractivity contribution in [1.82, 2.24) is 0 Å². The number of aliphatic hydroxyl groups is 1. The minimum absolute atomic E-state index is 0.0121. The summed E-state index contributed by atoms with van der Waals surface area (Å²) in [7, 11) is 0. The van der Waals surface area contributed by atoms with Crippen molar-refractivity contribution in [3.05, 3.63) is 30.3 Å². The fourth-order valence-electron chi connectivity index (χ4n) is 2.64. The van der Waals surface area contributed by atoms with Gasteiger partial charge in [-0.3, -0.25) is 0 Å². The van der Waals surface area contributed by atoms with E-state index in [2.05, 4.69) is 24.3 Å². The fraction of sp³-hybridized carbons (Fsp3) is 0.571. The van der Waals surface area contributed by atoms with Crippen molar-refractivity contribution in [3.63, 3.8) is 0 Å². The van der Waals surface area contributed by atoms with Crippen LogP contribution in [0.3, 0.4) is 0 Å². The van der Waals surface area contributed by atoms with Crippen LogP contribution in [0.2, 0.25) is 0 Å². The number of thioether (sulfide) groups is 1. The highest BCUT2D eigenvalue weighted by Gasteiger charge is 2.40. The van der Waals surface area contributed by atoms with E-state index in [1.165, 1.54) is 4.90 Å². The lowest BCUT2D eigenvalue weighted by molar-refractivity contribution is 0.0567. The highest BCUT2D eigenvalue weighted by atomic mass is 32.2. The van der Waals surface area contributed by atoms with Crippen molar-refractivity contribution in [2.45, 2.75) is 36.7 Å². The molecule has 1 saturated carbocycles. The summed E-state index contributed by atoms with van der Waals surface area (Å²) in [6.07, 6.45) is 3.95. The third-order valence-corrected chi connectivity index (χ3v) is 4.89. The molecule has 94 valence electrons. The molecule has 0 heterocycles. The van der Waals surface area contributed by atoms with Gasteiger partial charge < -0.3 is 10.8 Å². The Balaban J connectivity index is 1.85. The van der Waals surface area contributed by atoms with Gasteiger partial charge in [0.2, 0.25) is 0 Å². The molecule has 3 N–H and O–H groups in total. The maximum absolute atomic E-state index is 10.0. The molecule has 1 aliphatic carbocycles. The molecule has 0 amide bonds. The van der Waals surface area contributed by atoms with Crippen LogP contribution < -0.4 is 5.73 Å². The van der Waals surface area contributed by atoms with Gasteiger partial charge in [-0.25, -0.2) is 0 Å². The molecule has 0 spiro atoms. The lowest BCUT2D eigenvalue weighted by atomic mass is 9.81. The molecule has 0 aromatic heterocycles. The fourth-order valence-corrected chi connectivity index (χ4v) is 3.73. The highest BCUT2D eigenvalue weighted by Crippen LogP contribution is 2.41. The molecule has 0 aliphatic heterocycles. The Kier molecular flexibility index (Phi) is 4.48. The lowest BCUT2D eigenvalue weighted by Gasteiger charge is -2.31. The number of aliphatic hydroxyl groups excluding tert-OH is 1. The first-order valence-corrected chi connectivity index (χ1v) is 7.31. The van der Waals surface area contributed by atoms with Crippen LogP contribution in [0.25, 0.3) is 0 Å². The molecule has 17 heavy (non-hydrogen) atoms. The predicted molar refractivity (Wildman–Crippen MR) is 73.1 cm³/mol. The smallest absolute Gasteiger partial charge is 0.0608 e. The Bertz CT molecular complexity index is 343. The van der Waals surface area contributed by atoms with Crippen LogP contribution in [0, 0.1) is 5.41 Å². The van der Waals surface area contributed by atoms with Gasteiger partial charge in [-0.15, -0.1) is 11.8 Å². The largest absolute Gasteiger partial charge is 0.393 e. The highest BCUT2D eigenvalue weighted by molar-refractivity contribution is 7.99. The van der Waals surface area contributed by atoms with Crippen LogP contribution in [0.1, 0.15) is 25.7 Å². The van der Waals surface area contributed by atoms with Crippen LogP contribution >= 0.6 is 11.8 Å². The second-order valence-corrected chi connectivity index (χ2v) is 6.05. The second-order valence-electron chi connectivity index (χ2n) is 4.89. The molecule has 1 aromatic carbocycles. The van der Waals surface area contributed by atoms with E-state index in [-0.39, 0.29) is 11.5 Å². The van der Waals surface area contributed by atoms with E-state index in [0.29, 0.717) is 6.54 Å². The maximum Gasteiger partial charge on any atom is 0.0608 e. The van der Waals surface area contributed by atoms with Crippen LogP contribution in [0.15, 0.2) is 35.2 Å². The monoisotopic (exact) mass is 251 g/mol. The van der Waals surface area contributed by atoms with Gasteiger partial charge in [0.05, 0.1) is 6.10 Å². The number of benzene rings is 1. The summed E-state index contributed by atoms with van der Waals surface area (Å²) in [5, 5.41) is 10.0. The van der Waals surface area contributed by atoms with E-state index in [9.17, 15) is 5.11 Å². The Hall–Kier alpha value is -0.510. The Labute approximate surface area is 108 Å². The lowest BCUT2D eigenvalue weighted by Crippen LogP contribution is -2.38. The number of rotatable bonds is 5. The molecule has 1 aromatic rings. The molecule has 0 saturated heterocycles. The molecule has 2 rings (SSSR count). The summed E-state index contributed by atoms with van der Waals surface area (Å²) in [5.41, 5.74) is 5.86. The SMILES string of the molecule is NCC1(CCSc2ccccc2)CCCC1O. The first-order valence-electron chi connectivity index (χ1n) is 6.33. The van der Waals surface area contributed by atoms with Crippen LogP contribution in [-0.4, -0.2) is 23.5 Å². The average molecular weight is 251 g/mol. The van der Waals surface area contributed by atoms with Gasteiger partial charge in [0.15, 0.2) is 0 Å². The van der Waals surface area contributed by atoms with Crippen LogP contribution in [0.4, 0.5) is 0 Å². The molecule has 2 nitrogen and oxygen atoms in total. The van der Waals surface area contributed by atoms with Gasteiger partial charge >= 0.3 is 0 Å². The summed E-state index contributed by atoms with van der Waals surface area (Å²) >= 11 is 1.86. The van der Waals surface area contributed by atoms with E-state index in [0.717, 1.165) is 31.4 Å². The van der Waals surface area contributed by atoms with Crippen molar-refractivity contribution in [3.8, 4) is 0 Å². The quantitative estimate of drug-likeness (QED) is 0.791. The zero-order valence-corrected chi connectivity index (χ0v) is 11.0. The summed E-state index contributed by atoms with van der Waals surface area (Å²) in [6, 6.07) is 10.4. The maximum atomic E-state index is 10.0. The number of hydrogen-bond donors (Lipinski definition) is 2. The average Bonchev–Trinajstić information content (AvgIpc) is 2.73. The van der Waals surface area contributed by atoms with E-state index < -0.39 is 0 Å². The first-order chi connectivity index (χ1) is 8.27. The summed E-state index contributed by atoms with van der Waals surface area (Å²) < 4.78 is 0. The van der Waals surface area contributed by atoms with Gasteiger partial charge in [0, 0.05) is 16.9 Å². The van der Waals surface area contributed by atoms with E-state index in [1.54, 1.807) is 0 Å². The third kappa shape index (κ3) is 3.03. The molecule has 2 atom stereocenters. The summed E-state index contributed by atoms with van der Waals surface area (Å²) in [4.78, 5) is 1.30. The molecule has 1 aliphatic rings. The standard InChI is InChI=1S/C14H21NOS/c15-11-14(8-4-7-13(14)16)9-10-17-12-5-2-1-3-6-12/h1-3,5-6,13,16H,4,7-11,15H2. The van der Waals surface area contributed by atoms with Gasteiger partial charge in [-0.05, 0) is 37.1 Å². The van der Waals surface area contributed by atoms with Gasteiger partial charge in [-0.1, -0.05) is 24.6 Å². The predicted octanol–water partition coefficient (Wildman–Crippen LogP) is 2.66. The van der Waals surface area contributed by atoms with Gasteiger partial charge in [0.25, 0.3) is 0 Å². The topological polar surface area (TPSA) is 46.2 Å². The third-order valence-electron chi connectivity index (χ3n) is 3.88. The first kappa shape index (κ1) is 12.9. The molecule has 2 unspecified atom stereocenters. The van der Waals surface area contributed by atoms with E-state index in [1.807, 2.05) is 17.8 Å². The van der Waals surface area contributed by atoms with Crippen LogP contribution in [0.5, 0.6) is 0 Å². The Morgan fingerprint density at radius 3 is 2.71 bits per heavy atom. The zero-order chi connectivity index (χ0) is 12.1. The van der Waals surface area contributed by atoms with Gasteiger partial charge in [0.1, 0.15) is 0 Å². The van der Waals surface area contributed by atoms with Crippen molar-refractivity contribution in [2.75, 3.05) is 12.3 Å². The molecule has 0 radical (unpaired) electrons. The minimum atomic E-state index is -0.191. The van der Waals surface area contributed by atoms with E-state index >= 15 is 0 Å². The molecular formula is C14H21NOS. The van der Waals surface area contributed by atoms with Crippen molar-refractivity contribution in [1.29, 1.82) is 0 Å². The zero-order valence-electron chi connectivity index (χ0n) is 10.1. The van der Waals surface area contributed by atoms with E-state index in [4.69, 9.17) is 5.73 Å². The number of nitrogens with two attached hydrogens (primary N) is 1. The van der Waals surface area contributed by atoms with Gasteiger partial charge in [-0.2, -0.15) is 0 Å².